The van der Waals surface area contributed by atoms with Crippen molar-refractivity contribution in [1.82, 2.24) is 9.47 Å². The molecule has 1 saturated heterocycles. The molecule has 1 aromatic heterocycles. The minimum atomic E-state index is -3.98. The van der Waals surface area contributed by atoms with Crippen LogP contribution in [-0.2, 0) is 16.6 Å². The molecule has 2 aromatic carbocycles. The van der Waals surface area contributed by atoms with Gasteiger partial charge in [-0.2, -0.15) is 0 Å². The Morgan fingerprint density at radius 1 is 1.00 bits per heavy atom. The van der Waals surface area contributed by atoms with Gasteiger partial charge >= 0.3 is 0 Å². The molecule has 2 bridgehead atoms. The van der Waals surface area contributed by atoms with Gasteiger partial charge in [0.2, 0.25) is 0 Å². The summed E-state index contributed by atoms with van der Waals surface area (Å²) >= 11 is 0. The maximum absolute atomic E-state index is 13.3. The lowest BCUT2D eigenvalue weighted by atomic mass is 9.83. The summed E-state index contributed by atoms with van der Waals surface area (Å²) in [6, 6.07) is 14.8. The fourth-order valence-electron chi connectivity index (χ4n) is 5.11. The molecule has 0 unspecified atom stereocenters. The summed E-state index contributed by atoms with van der Waals surface area (Å²) in [5.41, 5.74) is 0.443. The van der Waals surface area contributed by atoms with Crippen LogP contribution in [0.3, 0.4) is 0 Å². The van der Waals surface area contributed by atoms with Crippen molar-refractivity contribution in [2.45, 2.75) is 23.8 Å². The second-order valence-electron chi connectivity index (χ2n) is 9.25. The summed E-state index contributed by atoms with van der Waals surface area (Å²) in [5.74, 6) is -1.24. The number of aromatic carboxylic acids is 1. The van der Waals surface area contributed by atoms with Crippen LogP contribution in [0.1, 0.15) is 38.7 Å². The van der Waals surface area contributed by atoms with E-state index in [1.54, 1.807) is 21.6 Å². The maximum Gasteiger partial charge on any atom is 0.275 e. The number of ether oxygens (including phenoxy) is 1. The number of likely N-dealkylation sites (tertiary alicyclic amines) is 1. The number of piperidine rings is 1. The smallest absolute Gasteiger partial charge is 0.275 e. The van der Waals surface area contributed by atoms with Gasteiger partial charge in [-0.05, 0) is 66.4 Å². The molecular formula is C26H24N3O7S-. The Morgan fingerprint density at radius 3 is 2.43 bits per heavy atom. The number of sulfonamides is 1. The van der Waals surface area contributed by atoms with E-state index in [4.69, 9.17) is 4.74 Å². The fourth-order valence-corrected chi connectivity index (χ4v) is 6.17. The number of hydrogen-bond acceptors (Lipinski definition) is 7. The Hall–Kier alpha value is -4.12. The lowest BCUT2D eigenvalue weighted by molar-refractivity contribution is -0.255. The third kappa shape index (κ3) is 4.69. The van der Waals surface area contributed by atoms with Crippen molar-refractivity contribution in [2.75, 3.05) is 24.9 Å². The first kappa shape index (κ1) is 24.6. The summed E-state index contributed by atoms with van der Waals surface area (Å²) in [6.45, 7) is 1.10. The van der Waals surface area contributed by atoms with Crippen molar-refractivity contribution < 1.29 is 27.9 Å². The molecule has 1 amide bonds. The molecule has 11 heteroatoms. The first-order valence-corrected chi connectivity index (χ1v) is 13.2. The van der Waals surface area contributed by atoms with Crippen LogP contribution < -0.4 is 20.1 Å². The predicted octanol–water partition coefficient (Wildman–Crippen LogP) is 1.28. The van der Waals surface area contributed by atoms with E-state index in [0.717, 1.165) is 12.1 Å². The van der Waals surface area contributed by atoms with Crippen LogP contribution in [0.4, 0.5) is 5.69 Å². The Morgan fingerprint density at radius 2 is 1.73 bits per heavy atom. The molecule has 37 heavy (non-hydrogen) atoms. The highest BCUT2D eigenvalue weighted by molar-refractivity contribution is 7.92. The van der Waals surface area contributed by atoms with Crippen molar-refractivity contribution in [3.8, 4) is 5.75 Å². The molecule has 10 nitrogen and oxygen atoms in total. The van der Waals surface area contributed by atoms with E-state index in [1.807, 2.05) is 0 Å². The van der Waals surface area contributed by atoms with Gasteiger partial charge in [0.15, 0.2) is 0 Å². The van der Waals surface area contributed by atoms with Gasteiger partial charge in [-0.1, -0.05) is 12.1 Å². The largest absolute Gasteiger partial charge is 0.545 e. The molecule has 3 heterocycles. The third-order valence-electron chi connectivity index (χ3n) is 6.85. The molecule has 2 aliphatic heterocycles. The number of anilines is 1. The standard InChI is InChI=1S/C26H25N3O7S/c1-36-20-5-7-21(8-6-20)37(34,35)27-22-9-10-23-19-11-16(14-29(23)25(22)31)13-28(15-19)24(30)17-3-2-4-18(12-17)26(32)33/h2-10,12,16,19,27H,11,13-15H2,1H3,(H,32,33)/p-1/t16-,19+/m0/s1. The number of benzene rings is 2. The van der Waals surface area contributed by atoms with E-state index in [2.05, 4.69) is 4.72 Å². The number of carboxylic acids is 1. The summed E-state index contributed by atoms with van der Waals surface area (Å²) < 4.78 is 34.7. The van der Waals surface area contributed by atoms with Gasteiger partial charge in [0, 0.05) is 36.8 Å². The first-order chi connectivity index (χ1) is 17.7. The molecule has 2 atom stereocenters. The zero-order valence-electron chi connectivity index (χ0n) is 19.9. The van der Waals surface area contributed by atoms with Crippen LogP contribution in [0.2, 0.25) is 0 Å². The minimum absolute atomic E-state index is 0.00388. The Balaban J connectivity index is 1.38. The minimum Gasteiger partial charge on any atom is -0.545 e. The molecule has 3 aromatic rings. The number of hydrogen-bond donors (Lipinski definition) is 1. The van der Waals surface area contributed by atoms with Crippen LogP contribution >= 0.6 is 0 Å². The van der Waals surface area contributed by atoms with Gasteiger partial charge in [0.25, 0.3) is 21.5 Å². The lowest BCUT2D eigenvalue weighted by Gasteiger charge is -2.43. The number of carbonyl (C=O) groups excluding carboxylic acids is 2. The second-order valence-corrected chi connectivity index (χ2v) is 10.9. The summed E-state index contributed by atoms with van der Waals surface area (Å²) in [5, 5.41) is 11.2. The average molecular weight is 523 g/mol. The molecule has 1 fully saturated rings. The molecule has 1 N–H and O–H groups in total. The van der Waals surface area contributed by atoms with E-state index < -0.39 is 21.6 Å². The molecular weight excluding hydrogens is 498 g/mol. The van der Waals surface area contributed by atoms with Crippen LogP contribution in [0, 0.1) is 5.92 Å². The third-order valence-corrected chi connectivity index (χ3v) is 8.23. The second kappa shape index (κ2) is 9.40. The number of rotatable bonds is 6. The number of carboxylic acid groups (broad SMARTS) is 1. The van der Waals surface area contributed by atoms with Gasteiger partial charge in [-0.25, -0.2) is 8.42 Å². The summed E-state index contributed by atoms with van der Waals surface area (Å²) in [7, 11) is -2.50. The predicted molar refractivity (Wildman–Crippen MR) is 132 cm³/mol. The van der Waals surface area contributed by atoms with E-state index in [-0.39, 0.29) is 39.5 Å². The molecule has 0 spiro atoms. The molecule has 0 aliphatic carbocycles. The Labute approximate surface area is 213 Å². The van der Waals surface area contributed by atoms with Crippen LogP contribution in [0.5, 0.6) is 5.75 Å². The molecule has 5 rings (SSSR count). The molecule has 0 radical (unpaired) electrons. The number of nitrogens with zero attached hydrogens (tertiary/aromatic N) is 2. The van der Waals surface area contributed by atoms with E-state index in [1.165, 1.54) is 55.6 Å². The molecule has 192 valence electrons. The van der Waals surface area contributed by atoms with Crippen LogP contribution in [0.25, 0.3) is 0 Å². The van der Waals surface area contributed by atoms with Crippen molar-refractivity contribution in [2.24, 2.45) is 5.92 Å². The first-order valence-electron chi connectivity index (χ1n) is 11.7. The zero-order valence-corrected chi connectivity index (χ0v) is 20.7. The normalized spacial score (nSPS) is 18.6. The monoisotopic (exact) mass is 522 g/mol. The average Bonchev–Trinajstić information content (AvgIpc) is 2.90. The van der Waals surface area contributed by atoms with Crippen molar-refractivity contribution >= 4 is 27.6 Å². The Kier molecular flexibility index (Phi) is 6.24. The van der Waals surface area contributed by atoms with Crippen molar-refractivity contribution in [3.63, 3.8) is 0 Å². The van der Waals surface area contributed by atoms with Gasteiger partial charge < -0.3 is 24.1 Å². The van der Waals surface area contributed by atoms with Gasteiger partial charge in [-0.15, -0.1) is 0 Å². The summed E-state index contributed by atoms with van der Waals surface area (Å²) in [6.07, 6.45) is 0.791. The van der Waals surface area contributed by atoms with Crippen LogP contribution in [0.15, 0.2) is 70.4 Å². The van der Waals surface area contributed by atoms with Gasteiger partial charge in [-0.3, -0.25) is 14.3 Å². The summed E-state index contributed by atoms with van der Waals surface area (Å²) in [4.78, 5) is 39.3. The Bertz CT molecular complexity index is 1550. The van der Waals surface area contributed by atoms with Crippen molar-refractivity contribution in [3.05, 3.63) is 87.8 Å². The van der Waals surface area contributed by atoms with E-state index in [9.17, 15) is 27.9 Å². The SMILES string of the molecule is COc1ccc(S(=O)(=O)Nc2ccc3n(c2=O)C[C@H]2C[C@@H]3CN(C(=O)c3cccc(C(=O)[O-])c3)C2)cc1. The van der Waals surface area contributed by atoms with Gasteiger partial charge in [0.05, 0.1) is 18.0 Å². The fraction of sp³-hybridized carbons (Fsp3) is 0.269. The molecule has 2 aliphatic rings. The number of carbonyl (C=O) groups is 2. The highest BCUT2D eigenvalue weighted by atomic mass is 32.2. The highest BCUT2D eigenvalue weighted by Gasteiger charge is 2.37. The number of nitrogens with one attached hydrogen (secondary N) is 1. The number of amides is 1. The number of pyridine rings is 1. The number of methoxy groups -OCH3 is 1. The van der Waals surface area contributed by atoms with E-state index >= 15 is 0 Å². The zero-order chi connectivity index (χ0) is 26.3. The van der Waals surface area contributed by atoms with Gasteiger partial charge in [0.1, 0.15) is 11.4 Å². The number of fused-ring (bicyclic) bond motifs is 4. The van der Waals surface area contributed by atoms with E-state index in [0.29, 0.717) is 25.4 Å². The maximum atomic E-state index is 13.3. The topological polar surface area (TPSA) is 138 Å². The highest BCUT2D eigenvalue weighted by Crippen LogP contribution is 2.36. The molecule has 0 saturated carbocycles. The number of aromatic nitrogens is 1. The van der Waals surface area contributed by atoms with Crippen LogP contribution in [-0.4, -0.2) is 50.0 Å². The lowest BCUT2D eigenvalue weighted by Crippen LogP contribution is -2.49. The van der Waals surface area contributed by atoms with Crippen molar-refractivity contribution in [1.29, 1.82) is 0 Å². The quantitative estimate of drug-likeness (QED) is 0.515.